The zero-order chi connectivity index (χ0) is 15.0. The van der Waals surface area contributed by atoms with Gasteiger partial charge in [-0.3, -0.25) is 4.79 Å². The Morgan fingerprint density at radius 3 is 2.52 bits per heavy atom. The molecular formula is C17H17NO3. The third kappa shape index (κ3) is 2.07. The number of rotatable bonds is 5. The van der Waals surface area contributed by atoms with Crippen LogP contribution in [-0.2, 0) is 15.1 Å². The second-order valence-electron chi connectivity index (χ2n) is 5.65. The highest BCUT2D eigenvalue weighted by Gasteiger charge is 2.47. The fourth-order valence-electron chi connectivity index (χ4n) is 2.92. The van der Waals surface area contributed by atoms with Crippen molar-refractivity contribution in [1.82, 2.24) is 4.90 Å². The van der Waals surface area contributed by atoms with E-state index in [1.54, 1.807) is 13.0 Å². The van der Waals surface area contributed by atoms with Gasteiger partial charge in [-0.05, 0) is 36.1 Å². The molecular weight excluding hydrogens is 266 g/mol. The standard InChI is InChI=1S/C17H17NO3/c1-17(16(20)21,18(11-19)13-9-10-13)15-8-4-6-12-5-2-3-7-14(12)15/h2-8,11,13H,9-10H2,1H3,(H,20,21). The van der Waals surface area contributed by atoms with Gasteiger partial charge in [-0.15, -0.1) is 0 Å². The van der Waals surface area contributed by atoms with Crippen LogP contribution in [0.2, 0.25) is 0 Å². The predicted octanol–water partition coefficient (Wildman–Crippen LogP) is 2.76. The molecule has 0 heterocycles. The molecule has 0 bridgehead atoms. The van der Waals surface area contributed by atoms with Gasteiger partial charge in [0.25, 0.3) is 0 Å². The van der Waals surface area contributed by atoms with Gasteiger partial charge in [-0.2, -0.15) is 0 Å². The Hall–Kier alpha value is -2.36. The van der Waals surface area contributed by atoms with Gasteiger partial charge in [0, 0.05) is 6.04 Å². The van der Waals surface area contributed by atoms with Crippen molar-refractivity contribution in [2.24, 2.45) is 0 Å². The molecule has 1 aliphatic rings. The molecule has 1 N–H and O–H groups in total. The maximum atomic E-state index is 12.0. The first-order valence-electron chi connectivity index (χ1n) is 7.04. The normalized spacial score (nSPS) is 17.2. The van der Waals surface area contributed by atoms with Gasteiger partial charge in [0.2, 0.25) is 6.41 Å². The molecule has 0 spiro atoms. The van der Waals surface area contributed by atoms with Crippen molar-refractivity contribution in [3.05, 3.63) is 48.0 Å². The number of carboxylic acid groups (broad SMARTS) is 1. The number of nitrogens with zero attached hydrogens (tertiary/aromatic N) is 1. The molecule has 108 valence electrons. The molecule has 4 nitrogen and oxygen atoms in total. The number of carbonyl (C=O) groups is 2. The van der Waals surface area contributed by atoms with Crippen LogP contribution in [0.3, 0.4) is 0 Å². The minimum Gasteiger partial charge on any atom is -0.479 e. The van der Waals surface area contributed by atoms with Crippen LogP contribution in [0, 0.1) is 0 Å². The Labute approximate surface area is 123 Å². The molecule has 0 radical (unpaired) electrons. The topological polar surface area (TPSA) is 57.6 Å². The van der Waals surface area contributed by atoms with Crippen LogP contribution >= 0.6 is 0 Å². The Bertz CT molecular complexity index is 703. The van der Waals surface area contributed by atoms with E-state index in [0.717, 1.165) is 23.6 Å². The first kappa shape index (κ1) is 13.6. The highest BCUT2D eigenvalue weighted by molar-refractivity contribution is 5.93. The second-order valence-corrected chi connectivity index (χ2v) is 5.65. The van der Waals surface area contributed by atoms with Crippen molar-refractivity contribution >= 4 is 23.2 Å². The highest BCUT2D eigenvalue weighted by Crippen LogP contribution is 2.40. The van der Waals surface area contributed by atoms with Crippen molar-refractivity contribution in [1.29, 1.82) is 0 Å². The third-order valence-corrected chi connectivity index (χ3v) is 4.30. The zero-order valence-electron chi connectivity index (χ0n) is 11.8. The lowest BCUT2D eigenvalue weighted by Gasteiger charge is -2.36. The first-order chi connectivity index (χ1) is 10.1. The fraction of sp³-hybridized carbons (Fsp3) is 0.294. The minimum atomic E-state index is -1.34. The summed E-state index contributed by atoms with van der Waals surface area (Å²) in [5, 5.41) is 11.7. The van der Waals surface area contributed by atoms with Crippen molar-refractivity contribution in [2.45, 2.75) is 31.3 Å². The monoisotopic (exact) mass is 283 g/mol. The van der Waals surface area contributed by atoms with E-state index in [9.17, 15) is 14.7 Å². The van der Waals surface area contributed by atoms with E-state index in [1.165, 1.54) is 4.90 Å². The fourth-order valence-corrected chi connectivity index (χ4v) is 2.92. The van der Waals surface area contributed by atoms with Crippen LogP contribution in [0.4, 0.5) is 0 Å². The van der Waals surface area contributed by atoms with Crippen molar-refractivity contribution in [2.75, 3.05) is 0 Å². The average Bonchev–Trinajstić information content (AvgIpc) is 3.31. The van der Waals surface area contributed by atoms with Crippen LogP contribution < -0.4 is 0 Å². The summed E-state index contributed by atoms with van der Waals surface area (Å²) in [4.78, 5) is 25.0. The van der Waals surface area contributed by atoms with Crippen molar-refractivity contribution < 1.29 is 14.7 Å². The quantitative estimate of drug-likeness (QED) is 0.858. The van der Waals surface area contributed by atoms with Gasteiger partial charge in [0.05, 0.1) is 0 Å². The molecule has 2 aromatic carbocycles. The summed E-state index contributed by atoms with van der Waals surface area (Å²) in [6, 6.07) is 13.3. The summed E-state index contributed by atoms with van der Waals surface area (Å²) < 4.78 is 0. The van der Waals surface area contributed by atoms with Crippen LogP contribution in [0.5, 0.6) is 0 Å². The maximum absolute atomic E-state index is 12.0. The Kier molecular flexibility index (Phi) is 3.16. The lowest BCUT2D eigenvalue weighted by atomic mass is 9.86. The lowest BCUT2D eigenvalue weighted by molar-refractivity contribution is -0.155. The van der Waals surface area contributed by atoms with E-state index in [-0.39, 0.29) is 6.04 Å². The highest BCUT2D eigenvalue weighted by atomic mass is 16.4. The molecule has 1 saturated carbocycles. The van der Waals surface area contributed by atoms with Gasteiger partial charge in [0.15, 0.2) is 5.54 Å². The van der Waals surface area contributed by atoms with E-state index >= 15 is 0 Å². The molecule has 21 heavy (non-hydrogen) atoms. The smallest absolute Gasteiger partial charge is 0.334 e. The number of carbonyl (C=O) groups excluding carboxylic acids is 1. The van der Waals surface area contributed by atoms with Crippen LogP contribution in [0.25, 0.3) is 10.8 Å². The molecule has 1 atom stereocenters. The summed E-state index contributed by atoms with van der Waals surface area (Å²) >= 11 is 0. The number of carboxylic acids is 1. The van der Waals surface area contributed by atoms with Gasteiger partial charge >= 0.3 is 5.97 Å². The average molecular weight is 283 g/mol. The van der Waals surface area contributed by atoms with Crippen LogP contribution in [0.1, 0.15) is 25.3 Å². The number of hydrogen-bond acceptors (Lipinski definition) is 2. The summed E-state index contributed by atoms with van der Waals surface area (Å²) in [5.41, 5.74) is -0.684. The molecule has 4 heteroatoms. The summed E-state index contributed by atoms with van der Waals surface area (Å²) in [5.74, 6) is -1.00. The van der Waals surface area contributed by atoms with Crippen molar-refractivity contribution in [3.63, 3.8) is 0 Å². The van der Waals surface area contributed by atoms with E-state index in [4.69, 9.17) is 0 Å². The van der Waals surface area contributed by atoms with E-state index in [1.807, 2.05) is 36.4 Å². The number of aliphatic carboxylic acids is 1. The molecule has 0 aliphatic heterocycles. The van der Waals surface area contributed by atoms with Gasteiger partial charge in [-0.1, -0.05) is 42.5 Å². The minimum absolute atomic E-state index is 0.0302. The van der Waals surface area contributed by atoms with Crippen molar-refractivity contribution in [3.8, 4) is 0 Å². The molecule has 2 aromatic rings. The maximum Gasteiger partial charge on any atom is 0.334 e. The predicted molar refractivity (Wildman–Crippen MR) is 79.9 cm³/mol. The molecule has 3 rings (SSSR count). The number of hydrogen-bond donors (Lipinski definition) is 1. The van der Waals surface area contributed by atoms with E-state index in [0.29, 0.717) is 12.0 Å². The Morgan fingerprint density at radius 1 is 1.24 bits per heavy atom. The van der Waals surface area contributed by atoms with Gasteiger partial charge < -0.3 is 10.0 Å². The molecule has 0 aromatic heterocycles. The van der Waals surface area contributed by atoms with Crippen LogP contribution in [0.15, 0.2) is 42.5 Å². The second kappa shape index (κ2) is 4.88. The number of amides is 1. The molecule has 1 aliphatic carbocycles. The molecule has 1 fully saturated rings. The lowest BCUT2D eigenvalue weighted by Crippen LogP contribution is -2.50. The van der Waals surface area contributed by atoms with Crippen LogP contribution in [-0.4, -0.2) is 28.4 Å². The molecule has 1 amide bonds. The number of fused-ring (bicyclic) bond motifs is 1. The summed E-state index contributed by atoms with van der Waals surface area (Å²) in [7, 11) is 0. The van der Waals surface area contributed by atoms with E-state index in [2.05, 4.69) is 0 Å². The first-order valence-corrected chi connectivity index (χ1v) is 7.04. The Balaban J connectivity index is 2.24. The summed E-state index contributed by atoms with van der Waals surface area (Å²) in [6.07, 6.45) is 2.41. The van der Waals surface area contributed by atoms with Gasteiger partial charge in [-0.25, -0.2) is 4.79 Å². The third-order valence-electron chi connectivity index (χ3n) is 4.30. The Morgan fingerprint density at radius 2 is 1.90 bits per heavy atom. The largest absolute Gasteiger partial charge is 0.479 e. The molecule has 0 saturated heterocycles. The molecule has 1 unspecified atom stereocenters. The summed E-state index contributed by atoms with van der Waals surface area (Å²) in [6.45, 7) is 1.61. The van der Waals surface area contributed by atoms with Gasteiger partial charge in [0.1, 0.15) is 0 Å². The zero-order valence-corrected chi connectivity index (χ0v) is 11.8. The SMILES string of the molecule is CC(C(=O)O)(c1cccc2ccccc12)N(C=O)C1CC1. The number of benzene rings is 2. The van der Waals surface area contributed by atoms with E-state index < -0.39 is 11.5 Å².